The highest BCUT2D eigenvalue weighted by Crippen LogP contribution is 2.20. The summed E-state index contributed by atoms with van der Waals surface area (Å²) < 4.78 is 16.4. The number of para-hydroxylation sites is 2. The van der Waals surface area contributed by atoms with Crippen molar-refractivity contribution in [3.05, 3.63) is 101 Å². The van der Waals surface area contributed by atoms with E-state index in [9.17, 15) is 9.18 Å². The lowest BCUT2D eigenvalue weighted by molar-refractivity contribution is -0.120. The molecule has 4 rings (SSSR count). The van der Waals surface area contributed by atoms with Gasteiger partial charge in [-0.15, -0.1) is 0 Å². The molecule has 0 saturated carbocycles. The maximum Gasteiger partial charge on any atom is 0.224 e. The van der Waals surface area contributed by atoms with Crippen LogP contribution in [0.5, 0.6) is 0 Å². The molecule has 0 aliphatic carbocycles. The second-order valence-corrected chi connectivity index (χ2v) is 8.59. The Morgan fingerprint density at radius 1 is 0.939 bits per heavy atom. The van der Waals surface area contributed by atoms with Crippen LogP contribution in [0, 0.1) is 5.82 Å². The molecule has 1 heterocycles. The third-order valence-corrected chi connectivity index (χ3v) is 5.95. The maximum absolute atomic E-state index is 14.3. The fourth-order valence-electron chi connectivity index (χ4n) is 3.95. The van der Waals surface area contributed by atoms with Crippen LogP contribution in [-0.2, 0) is 24.2 Å². The summed E-state index contributed by atoms with van der Waals surface area (Å²) in [4.78, 5) is 16.9. The van der Waals surface area contributed by atoms with Crippen LogP contribution in [0.2, 0.25) is 5.02 Å². The molecule has 0 aliphatic heterocycles. The second kappa shape index (κ2) is 11.1. The lowest BCUT2D eigenvalue weighted by Crippen LogP contribution is -2.26. The van der Waals surface area contributed by atoms with Crippen LogP contribution in [0.3, 0.4) is 0 Å². The Morgan fingerprint density at radius 3 is 2.52 bits per heavy atom. The Kier molecular flexibility index (Phi) is 7.74. The predicted molar refractivity (Wildman–Crippen MR) is 131 cm³/mol. The SMILES string of the molecule is O=C(Cc1ccc(Cl)cc1)NCCCCCc1nc2ccccc2n1Cc1ccccc1F. The molecule has 0 atom stereocenters. The zero-order valence-corrected chi connectivity index (χ0v) is 19.2. The van der Waals surface area contributed by atoms with E-state index in [1.807, 2.05) is 48.5 Å². The van der Waals surface area contributed by atoms with Gasteiger partial charge in [0.15, 0.2) is 0 Å². The standard InChI is InChI=1S/C27H27ClFN3O/c28-22-15-13-20(14-16-22)18-27(33)30-17-7-1-2-12-26-31-24-10-5-6-11-25(24)32(26)19-21-8-3-4-9-23(21)29/h3-6,8-11,13-16H,1-2,7,12,17-19H2,(H,30,33). The highest BCUT2D eigenvalue weighted by atomic mass is 35.5. The normalized spacial score (nSPS) is 11.1. The van der Waals surface area contributed by atoms with Crippen molar-refractivity contribution < 1.29 is 9.18 Å². The fourth-order valence-corrected chi connectivity index (χ4v) is 4.08. The number of benzene rings is 3. The van der Waals surface area contributed by atoms with Crippen molar-refractivity contribution >= 4 is 28.5 Å². The Labute approximate surface area is 198 Å². The van der Waals surface area contributed by atoms with E-state index < -0.39 is 0 Å². The smallest absolute Gasteiger partial charge is 0.224 e. The zero-order chi connectivity index (χ0) is 23.0. The van der Waals surface area contributed by atoms with Gasteiger partial charge in [-0.3, -0.25) is 4.79 Å². The van der Waals surface area contributed by atoms with Crippen molar-refractivity contribution in [3.63, 3.8) is 0 Å². The van der Waals surface area contributed by atoms with Gasteiger partial charge in [0.05, 0.1) is 24.0 Å². The van der Waals surface area contributed by atoms with Crippen LogP contribution in [-0.4, -0.2) is 22.0 Å². The molecule has 0 bridgehead atoms. The number of nitrogens with zero attached hydrogens (tertiary/aromatic N) is 2. The van der Waals surface area contributed by atoms with Crippen LogP contribution in [0.25, 0.3) is 11.0 Å². The first-order valence-electron chi connectivity index (χ1n) is 11.3. The van der Waals surface area contributed by atoms with Crippen molar-refractivity contribution in [2.75, 3.05) is 6.54 Å². The van der Waals surface area contributed by atoms with Crippen molar-refractivity contribution in [1.82, 2.24) is 14.9 Å². The topological polar surface area (TPSA) is 46.9 Å². The predicted octanol–water partition coefficient (Wildman–Crippen LogP) is 5.95. The van der Waals surface area contributed by atoms with Gasteiger partial charge >= 0.3 is 0 Å². The van der Waals surface area contributed by atoms with E-state index in [0.29, 0.717) is 30.1 Å². The molecule has 0 radical (unpaired) electrons. The minimum atomic E-state index is -0.199. The summed E-state index contributed by atoms with van der Waals surface area (Å²) >= 11 is 5.88. The summed E-state index contributed by atoms with van der Waals surface area (Å²) in [7, 11) is 0. The van der Waals surface area contributed by atoms with Gasteiger partial charge in [-0.25, -0.2) is 9.37 Å². The largest absolute Gasteiger partial charge is 0.356 e. The van der Waals surface area contributed by atoms with Crippen molar-refractivity contribution in [1.29, 1.82) is 0 Å². The molecular formula is C27H27ClFN3O. The first kappa shape index (κ1) is 23.0. The minimum Gasteiger partial charge on any atom is -0.356 e. The van der Waals surface area contributed by atoms with Gasteiger partial charge in [-0.2, -0.15) is 0 Å². The number of nitrogens with one attached hydrogen (secondary N) is 1. The second-order valence-electron chi connectivity index (χ2n) is 8.16. The van der Waals surface area contributed by atoms with Crippen LogP contribution in [0.15, 0.2) is 72.8 Å². The number of halogens is 2. The molecule has 33 heavy (non-hydrogen) atoms. The summed E-state index contributed by atoms with van der Waals surface area (Å²) in [5, 5.41) is 3.65. The Bertz CT molecular complexity index is 1220. The lowest BCUT2D eigenvalue weighted by Gasteiger charge is -2.10. The molecule has 4 nitrogen and oxygen atoms in total. The number of aromatic nitrogens is 2. The van der Waals surface area contributed by atoms with E-state index in [0.717, 1.165) is 48.1 Å². The molecule has 0 unspecified atom stereocenters. The molecule has 6 heteroatoms. The molecule has 0 spiro atoms. The van der Waals surface area contributed by atoms with Gasteiger partial charge < -0.3 is 9.88 Å². The van der Waals surface area contributed by atoms with E-state index in [4.69, 9.17) is 16.6 Å². The van der Waals surface area contributed by atoms with E-state index in [1.165, 1.54) is 6.07 Å². The third-order valence-electron chi connectivity index (χ3n) is 5.70. The van der Waals surface area contributed by atoms with Gasteiger partial charge in [-0.05, 0) is 48.7 Å². The van der Waals surface area contributed by atoms with Gasteiger partial charge in [0.1, 0.15) is 11.6 Å². The van der Waals surface area contributed by atoms with Gasteiger partial charge in [-0.1, -0.05) is 60.5 Å². The van der Waals surface area contributed by atoms with Crippen LogP contribution in [0.4, 0.5) is 4.39 Å². The van der Waals surface area contributed by atoms with Crippen molar-refractivity contribution in [3.8, 4) is 0 Å². The van der Waals surface area contributed by atoms with E-state index in [-0.39, 0.29) is 11.7 Å². The average Bonchev–Trinajstić information content (AvgIpc) is 3.16. The molecule has 170 valence electrons. The average molecular weight is 464 g/mol. The molecule has 0 aliphatic rings. The van der Waals surface area contributed by atoms with Crippen LogP contribution in [0.1, 0.15) is 36.2 Å². The van der Waals surface area contributed by atoms with Crippen LogP contribution < -0.4 is 5.32 Å². The van der Waals surface area contributed by atoms with Crippen molar-refractivity contribution in [2.24, 2.45) is 0 Å². The number of amides is 1. The van der Waals surface area contributed by atoms with E-state index >= 15 is 0 Å². The molecular weight excluding hydrogens is 437 g/mol. The fraction of sp³-hybridized carbons (Fsp3) is 0.259. The monoisotopic (exact) mass is 463 g/mol. The Hall–Kier alpha value is -3.18. The van der Waals surface area contributed by atoms with Gasteiger partial charge in [0.25, 0.3) is 0 Å². The van der Waals surface area contributed by atoms with E-state index in [1.54, 1.807) is 18.2 Å². The molecule has 1 N–H and O–H groups in total. The Morgan fingerprint density at radius 2 is 1.70 bits per heavy atom. The first-order valence-corrected chi connectivity index (χ1v) is 11.7. The first-order chi connectivity index (χ1) is 16.1. The quantitative estimate of drug-likeness (QED) is 0.295. The van der Waals surface area contributed by atoms with Gasteiger partial charge in [0, 0.05) is 23.6 Å². The number of hydrogen-bond donors (Lipinski definition) is 1. The maximum atomic E-state index is 14.3. The van der Waals surface area contributed by atoms with Crippen molar-refractivity contribution in [2.45, 2.75) is 38.6 Å². The van der Waals surface area contributed by atoms with E-state index in [2.05, 4.69) is 9.88 Å². The summed E-state index contributed by atoms with van der Waals surface area (Å²) in [5.41, 5.74) is 3.56. The number of aryl methyl sites for hydroxylation is 1. The number of imidazole rings is 1. The minimum absolute atomic E-state index is 0.0176. The molecule has 3 aromatic carbocycles. The summed E-state index contributed by atoms with van der Waals surface area (Å²) in [6.45, 7) is 1.11. The Balaban J connectivity index is 1.28. The molecule has 0 fully saturated rings. The number of unbranched alkanes of at least 4 members (excludes halogenated alkanes) is 2. The summed E-state index contributed by atoms with van der Waals surface area (Å²) in [5.74, 6) is 0.783. The number of carbonyl (C=O) groups is 1. The molecule has 4 aromatic rings. The molecule has 1 aromatic heterocycles. The number of hydrogen-bond acceptors (Lipinski definition) is 2. The number of carbonyl (C=O) groups excluding carboxylic acids is 1. The number of fused-ring (bicyclic) bond motifs is 1. The molecule has 1 amide bonds. The summed E-state index contributed by atoms with van der Waals surface area (Å²) in [6, 6.07) is 22.2. The molecule has 0 saturated heterocycles. The highest BCUT2D eigenvalue weighted by Gasteiger charge is 2.12. The van der Waals surface area contributed by atoms with Gasteiger partial charge in [0.2, 0.25) is 5.91 Å². The highest BCUT2D eigenvalue weighted by molar-refractivity contribution is 6.30. The summed E-state index contributed by atoms with van der Waals surface area (Å²) in [6.07, 6.45) is 4.00. The zero-order valence-electron chi connectivity index (χ0n) is 18.4. The third kappa shape index (κ3) is 6.20. The number of rotatable bonds is 10. The lowest BCUT2D eigenvalue weighted by atomic mass is 10.1. The van der Waals surface area contributed by atoms with Crippen LogP contribution >= 0.6 is 11.6 Å².